The molecular formula is C15H13N7O2. The van der Waals surface area contributed by atoms with E-state index < -0.39 is 11.2 Å². The summed E-state index contributed by atoms with van der Waals surface area (Å²) in [5, 5.41) is 0. The van der Waals surface area contributed by atoms with E-state index in [-0.39, 0.29) is 17.0 Å². The Morgan fingerprint density at radius 1 is 1.00 bits per heavy atom. The molecule has 0 unspecified atom stereocenters. The van der Waals surface area contributed by atoms with Crippen LogP contribution in [0.4, 0.5) is 5.82 Å². The molecule has 4 aromatic rings. The van der Waals surface area contributed by atoms with Gasteiger partial charge in [-0.3, -0.25) is 13.9 Å². The highest BCUT2D eigenvalue weighted by Gasteiger charge is 2.17. The molecule has 3 N–H and O–H groups in total. The smallest absolute Gasteiger partial charge is 0.332 e. The molecule has 4 rings (SSSR count). The van der Waals surface area contributed by atoms with E-state index in [0.29, 0.717) is 22.6 Å². The molecule has 120 valence electrons. The van der Waals surface area contributed by atoms with Crippen molar-refractivity contribution in [3.8, 4) is 11.5 Å². The van der Waals surface area contributed by atoms with Crippen LogP contribution in [0, 0.1) is 0 Å². The number of H-pyrrole nitrogens is 1. The molecule has 9 nitrogen and oxygen atoms in total. The molecule has 0 saturated carbocycles. The maximum atomic E-state index is 12.3. The van der Waals surface area contributed by atoms with Crippen LogP contribution in [-0.2, 0) is 14.1 Å². The third kappa shape index (κ3) is 1.84. The summed E-state index contributed by atoms with van der Waals surface area (Å²) in [6.07, 6.45) is 0. The number of rotatable bonds is 1. The van der Waals surface area contributed by atoms with Crippen molar-refractivity contribution >= 4 is 28.0 Å². The second-order valence-corrected chi connectivity index (χ2v) is 5.44. The lowest BCUT2D eigenvalue weighted by molar-refractivity contribution is 0.709. The van der Waals surface area contributed by atoms with Crippen LogP contribution >= 0.6 is 0 Å². The number of hydrogen-bond acceptors (Lipinski definition) is 6. The number of nitrogens with two attached hydrogens (primary N) is 1. The predicted octanol–water partition coefficient (Wildman–Crippen LogP) is 0.153. The van der Waals surface area contributed by atoms with E-state index in [9.17, 15) is 9.59 Å². The minimum atomic E-state index is -0.459. The number of nitrogens with one attached hydrogen (secondary N) is 1. The Hall–Kier alpha value is -3.49. The fourth-order valence-electron chi connectivity index (χ4n) is 2.63. The zero-order valence-corrected chi connectivity index (χ0v) is 12.9. The number of imidazole rings is 1. The van der Waals surface area contributed by atoms with E-state index >= 15 is 0 Å². The zero-order valence-electron chi connectivity index (χ0n) is 12.9. The minimum Gasteiger partial charge on any atom is -0.382 e. The largest absolute Gasteiger partial charge is 0.382 e. The van der Waals surface area contributed by atoms with Crippen molar-refractivity contribution in [1.29, 1.82) is 0 Å². The Labute approximate surface area is 134 Å². The topological polar surface area (TPSA) is 124 Å². The molecule has 9 heteroatoms. The van der Waals surface area contributed by atoms with Crippen molar-refractivity contribution in [2.24, 2.45) is 14.1 Å². The average Bonchev–Trinajstić information content (AvgIpc) is 3.02. The number of fused-ring (bicyclic) bond motifs is 2. The molecule has 1 aromatic carbocycles. The van der Waals surface area contributed by atoms with E-state index in [1.54, 1.807) is 13.1 Å². The highest BCUT2D eigenvalue weighted by Crippen LogP contribution is 2.23. The van der Waals surface area contributed by atoms with Gasteiger partial charge in [-0.15, -0.1) is 0 Å². The Morgan fingerprint density at radius 2 is 1.67 bits per heavy atom. The Balaban J connectivity index is 2.06. The average molecular weight is 323 g/mol. The first kappa shape index (κ1) is 14.1. The third-order valence-corrected chi connectivity index (χ3v) is 3.92. The van der Waals surface area contributed by atoms with Crippen molar-refractivity contribution in [2.75, 3.05) is 5.73 Å². The van der Waals surface area contributed by atoms with Gasteiger partial charge in [0.2, 0.25) is 0 Å². The molecule has 3 heterocycles. The quantitative estimate of drug-likeness (QED) is 0.514. The van der Waals surface area contributed by atoms with E-state index in [1.807, 2.05) is 18.2 Å². The second-order valence-electron chi connectivity index (χ2n) is 5.44. The summed E-state index contributed by atoms with van der Waals surface area (Å²) in [6.45, 7) is 0. The molecule has 0 aliphatic rings. The summed E-state index contributed by atoms with van der Waals surface area (Å²) in [7, 11) is 2.96. The first-order valence-corrected chi connectivity index (χ1v) is 7.15. The summed E-state index contributed by atoms with van der Waals surface area (Å²) in [5.41, 5.74) is 7.19. The molecule has 0 amide bonds. The van der Waals surface area contributed by atoms with Crippen LogP contribution in [0.5, 0.6) is 0 Å². The van der Waals surface area contributed by atoms with Gasteiger partial charge in [-0.1, -0.05) is 12.1 Å². The SMILES string of the molecule is Cn1c(=O)c2[nH]c(-c3nc4ccccc4nc3N)nc2n(C)c1=O. The Kier molecular flexibility index (Phi) is 2.80. The maximum Gasteiger partial charge on any atom is 0.332 e. The van der Waals surface area contributed by atoms with Gasteiger partial charge in [-0.2, -0.15) is 0 Å². The van der Waals surface area contributed by atoms with Crippen molar-refractivity contribution in [3.05, 3.63) is 45.1 Å². The summed E-state index contributed by atoms with van der Waals surface area (Å²) in [6, 6.07) is 7.30. The Bertz CT molecular complexity index is 1230. The lowest BCUT2D eigenvalue weighted by Crippen LogP contribution is -2.36. The lowest BCUT2D eigenvalue weighted by atomic mass is 10.3. The normalized spacial score (nSPS) is 11.4. The van der Waals surface area contributed by atoms with Crippen LogP contribution in [0.3, 0.4) is 0 Å². The summed E-state index contributed by atoms with van der Waals surface area (Å²) in [5.74, 6) is 0.480. The highest BCUT2D eigenvalue weighted by atomic mass is 16.2. The van der Waals surface area contributed by atoms with Crippen molar-refractivity contribution in [1.82, 2.24) is 29.1 Å². The van der Waals surface area contributed by atoms with Crippen LogP contribution in [0.1, 0.15) is 0 Å². The van der Waals surface area contributed by atoms with E-state index in [1.165, 1.54) is 11.6 Å². The van der Waals surface area contributed by atoms with Gasteiger partial charge in [0, 0.05) is 14.1 Å². The monoisotopic (exact) mass is 323 g/mol. The number of benzene rings is 1. The van der Waals surface area contributed by atoms with Gasteiger partial charge in [0.15, 0.2) is 17.3 Å². The number of nitrogens with zero attached hydrogens (tertiary/aromatic N) is 5. The Morgan fingerprint density at radius 3 is 2.38 bits per heavy atom. The summed E-state index contributed by atoms with van der Waals surface area (Å²) < 4.78 is 2.31. The van der Waals surface area contributed by atoms with Crippen LogP contribution in [0.15, 0.2) is 33.9 Å². The van der Waals surface area contributed by atoms with E-state index in [2.05, 4.69) is 19.9 Å². The van der Waals surface area contributed by atoms with E-state index in [0.717, 1.165) is 4.57 Å². The van der Waals surface area contributed by atoms with Gasteiger partial charge >= 0.3 is 5.69 Å². The van der Waals surface area contributed by atoms with Gasteiger partial charge < -0.3 is 10.7 Å². The second kappa shape index (κ2) is 4.75. The van der Waals surface area contributed by atoms with Crippen molar-refractivity contribution in [2.45, 2.75) is 0 Å². The molecule has 24 heavy (non-hydrogen) atoms. The molecule has 0 aliphatic carbocycles. The molecular weight excluding hydrogens is 310 g/mol. The number of anilines is 1. The number of para-hydroxylation sites is 2. The predicted molar refractivity (Wildman–Crippen MR) is 89.5 cm³/mol. The summed E-state index contributed by atoms with van der Waals surface area (Å²) in [4.78, 5) is 40.3. The highest BCUT2D eigenvalue weighted by molar-refractivity contribution is 5.83. The van der Waals surface area contributed by atoms with Crippen LogP contribution in [0.2, 0.25) is 0 Å². The number of aryl methyl sites for hydroxylation is 1. The first-order chi connectivity index (χ1) is 11.5. The molecule has 0 radical (unpaired) electrons. The van der Waals surface area contributed by atoms with E-state index in [4.69, 9.17) is 5.73 Å². The van der Waals surface area contributed by atoms with Gasteiger partial charge in [-0.25, -0.2) is 19.7 Å². The number of aromatic nitrogens is 6. The number of aromatic amines is 1. The fourth-order valence-corrected chi connectivity index (χ4v) is 2.63. The van der Waals surface area contributed by atoms with Crippen LogP contribution in [0.25, 0.3) is 33.7 Å². The maximum absolute atomic E-state index is 12.3. The standard InChI is InChI=1S/C15H13N7O2/c1-21-13-10(14(23)22(2)15(21)24)19-12(20-13)9-11(16)18-8-6-4-3-5-7(8)17-9/h3-6H,1-2H3,(H2,16,18)(H,19,20). The molecule has 0 saturated heterocycles. The van der Waals surface area contributed by atoms with Gasteiger partial charge in [0.1, 0.15) is 11.2 Å². The zero-order chi connectivity index (χ0) is 17.0. The first-order valence-electron chi connectivity index (χ1n) is 7.15. The molecule has 3 aromatic heterocycles. The molecule has 0 bridgehead atoms. The third-order valence-electron chi connectivity index (χ3n) is 3.92. The molecule has 0 spiro atoms. The summed E-state index contributed by atoms with van der Waals surface area (Å²) >= 11 is 0. The van der Waals surface area contributed by atoms with Crippen molar-refractivity contribution < 1.29 is 0 Å². The van der Waals surface area contributed by atoms with Gasteiger partial charge in [-0.05, 0) is 12.1 Å². The van der Waals surface area contributed by atoms with Crippen LogP contribution < -0.4 is 17.0 Å². The van der Waals surface area contributed by atoms with Crippen LogP contribution in [-0.4, -0.2) is 29.1 Å². The fraction of sp³-hybridized carbons (Fsp3) is 0.133. The minimum absolute atomic E-state index is 0.189. The molecule has 0 fully saturated rings. The van der Waals surface area contributed by atoms with Gasteiger partial charge in [0.05, 0.1) is 11.0 Å². The number of nitrogen functional groups attached to an aromatic ring is 1. The van der Waals surface area contributed by atoms with Crippen molar-refractivity contribution in [3.63, 3.8) is 0 Å². The van der Waals surface area contributed by atoms with Gasteiger partial charge in [0.25, 0.3) is 5.56 Å². The molecule has 0 atom stereocenters. The molecule has 0 aliphatic heterocycles. The lowest BCUT2D eigenvalue weighted by Gasteiger charge is -2.03. The number of hydrogen-bond donors (Lipinski definition) is 2.